The molecule has 1 N–H and O–H groups in total. The summed E-state index contributed by atoms with van der Waals surface area (Å²) in [7, 11) is 4.15. The molecule has 1 aliphatic rings. The summed E-state index contributed by atoms with van der Waals surface area (Å²) in [6, 6.07) is 4.27. The summed E-state index contributed by atoms with van der Waals surface area (Å²) in [4.78, 5) is 19.4. The van der Waals surface area contributed by atoms with Gasteiger partial charge in [-0.25, -0.2) is 0 Å². The van der Waals surface area contributed by atoms with E-state index in [4.69, 9.17) is 0 Å². The van der Waals surface area contributed by atoms with Crippen molar-refractivity contribution in [2.45, 2.75) is 45.3 Å². The lowest BCUT2D eigenvalue weighted by Crippen LogP contribution is -2.33. The van der Waals surface area contributed by atoms with Crippen LogP contribution < -0.4 is 5.32 Å². The summed E-state index contributed by atoms with van der Waals surface area (Å²) < 4.78 is 0. The third-order valence-corrected chi connectivity index (χ3v) is 4.92. The molecule has 2 rings (SSSR count). The first kappa shape index (κ1) is 16.5. The number of thiophene rings is 1. The van der Waals surface area contributed by atoms with Crippen LogP contribution in [0.15, 0.2) is 12.1 Å². The van der Waals surface area contributed by atoms with Crippen molar-refractivity contribution in [1.29, 1.82) is 0 Å². The third-order valence-electron chi connectivity index (χ3n) is 3.86. The average Bonchev–Trinajstić information content (AvgIpc) is 2.97. The zero-order chi connectivity index (χ0) is 15.4. The Hall–Kier alpha value is -0.910. The zero-order valence-electron chi connectivity index (χ0n) is 13.6. The molecule has 2 unspecified atom stereocenters. The lowest BCUT2D eigenvalue weighted by atomic mass is 10.1. The molecule has 1 aromatic heterocycles. The SMILES string of the molecule is CCCC1NC(c2ccc(C)s2)N(CCCN(C)C)C1=O. The van der Waals surface area contributed by atoms with E-state index in [0.717, 1.165) is 32.4 Å². The van der Waals surface area contributed by atoms with Crippen LogP contribution in [0.1, 0.15) is 42.1 Å². The first-order valence-corrected chi connectivity index (χ1v) is 8.62. The molecular formula is C16H27N3OS. The molecular weight excluding hydrogens is 282 g/mol. The van der Waals surface area contributed by atoms with Gasteiger partial charge in [0, 0.05) is 16.3 Å². The molecule has 0 radical (unpaired) electrons. The molecule has 1 fully saturated rings. The molecule has 1 aliphatic heterocycles. The zero-order valence-corrected chi connectivity index (χ0v) is 14.4. The summed E-state index contributed by atoms with van der Waals surface area (Å²) in [6.45, 7) is 6.09. The first-order valence-electron chi connectivity index (χ1n) is 7.80. The maximum Gasteiger partial charge on any atom is 0.241 e. The van der Waals surface area contributed by atoms with E-state index in [0.29, 0.717) is 0 Å². The Labute approximate surface area is 132 Å². The van der Waals surface area contributed by atoms with Gasteiger partial charge >= 0.3 is 0 Å². The molecule has 118 valence electrons. The van der Waals surface area contributed by atoms with Gasteiger partial charge in [-0.2, -0.15) is 0 Å². The molecule has 2 atom stereocenters. The van der Waals surface area contributed by atoms with Crippen LogP contribution in [0.25, 0.3) is 0 Å². The molecule has 0 bridgehead atoms. The number of amides is 1. The van der Waals surface area contributed by atoms with Gasteiger partial charge in [0.2, 0.25) is 5.91 Å². The number of carbonyl (C=O) groups is 1. The van der Waals surface area contributed by atoms with Crippen LogP contribution in [0, 0.1) is 6.92 Å². The average molecular weight is 309 g/mol. The second-order valence-corrected chi connectivity index (χ2v) is 7.37. The number of rotatable bonds is 7. The van der Waals surface area contributed by atoms with Gasteiger partial charge in [0.05, 0.1) is 6.04 Å². The fraction of sp³-hybridized carbons (Fsp3) is 0.688. The predicted octanol–water partition coefficient (Wildman–Crippen LogP) is 2.61. The summed E-state index contributed by atoms with van der Waals surface area (Å²) in [5, 5.41) is 3.53. The highest BCUT2D eigenvalue weighted by atomic mass is 32.1. The van der Waals surface area contributed by atoms with Gasteiger partial charge in [0.15, 0.2) is 0 Å². The van der Waals surface area contributed by atoms with E-state index in [1.165, 1.54) is 9.75 Å². The van der Waals surface area contributed by atoms with E-state index in [1.54, 1.807) is 11.3 Å². The fourth-order valence-corrected chi connectivity index (χ4v) is 3.76. The Kier molecular flexibility index (Phi) is 5.79. The molecule has 2 heterocycles. The lowest BCUT2D eigenvalue weighted by molar-refractivity contribution is -0.130. The molecule has 1 amide bonds. The minimum Gasteiger partial charge on any atom is -0.321 e. The summed E-state index contributed by atoms with van der Waals surface area (Å²) in [5.74, 6) is 0.270. The molecule has 0 spiro atoms. The highest BCUT2D eigenvalue weighted by Crippen LogP contribution is 2.31. The Balaban J connectivity index is 2.09. The molecule has 5 heteroatoms. The smallest absolute Gasteiger partial charge is 0.241 e. The van der Waals surface area contributed by atoms with Crippen LogP contribution >= 0.6 is 11.3 Å². The molecule has 1 aromatic rings. The monoisotopic (exact) mass is 309 g/mol. The molecule has 1 saturated heterocycles. The van der Waals surface area contributed by atoms with Crippen LogP contribution in [0.5, 0.6) is 0 Å². The van der Waals surface area contributed by atoms with Gasteiger partial charge in [-0.3, -0.25) is 10.1 Å². The second kappa shape index (κ2) is 7.38. The van der Waals surface area contributed by atoms with Crippen molar-refractivity contribution in [2.24, 2.45) is 0 Å². The Morgan fingerprint density at radius 1 is 1.38 bits per heavy atom. The predicted molar refractivity (Wildman–Crippen MR) is 88.5 cm³/mol. The number of nitrogens with zero attached hydrogens (tertiary/aromatic N) is 2. The van der Waals surface area contributed by atoms with Gasteiger partial charge in [0.25, 0.3) is 0 Å². The summed E-state index contributed by atoms with van der Waals surface area (Å²) in [6.07, 6.45) is 3.03. The highest BCUT2D eigenvalue weighted by Gasteiger charge is 2.39. The topological polar surface area (TPSA) is 35.6 Å². The third kappa shape index (κ3) is 4.05. The van der Waals surface area contributed by atoms with E-state index in [-0.39, 0.29) is 18.1 Å². The molecule has 21 heavy (non-hydrogen) atoms. The first-order chi connectivity index (χ1) is 10.0. The molecule has 0 saturated carbocycles. The fourth-order valence-electron chi connectivity index (χ4n) is 2.81. The molecule has 0 aliphatic carbocycles. The minimum absolute atomic E-state index is 0.0123. The number of hydrogen-bond acceptors (Lipinski definition) is 4. The second-order valence-electron chi connectivity index (χ2n) is 6.05. The van der Waals surface area contributed by atoms with Gasteiger partial charge in [0.1, 0.15) is 6.17 Å². The van der Waals surface area contributed by atoms with E-state index >= 15 is 0 Å². The van der Waals surface area contributed by atoms with Crippen molar-refractivity contribution in [3.05, 3.63) is 21.9 Å². The highest BCUT2D eigenvalue weighted by molar-refractivity contribution is 7.12. The van der Waals surface area contributed by atoms with Crippen molar-refractivity contribution < 1.29 is 4.79 Å². The Morgan fingerprint density at radius 3 is 2.71 bits per heavy atom. The van der Waals surface area contributed by atoms with E-state index in [9.17, 15) is 4.79 Å². The van der Waals surface area contributed by atoms with E-state index < -0.39 is 0 Å². The van der Waals surface area contributed by atoms with Gasteiger partial charge < -0.3 is 9.80 Å². The summed E-state index contributed by atoms with van der Waals surface area (Å²) >= 11 is 1.78. The van der Waals surface area contributed by atoms with Crippen molar-refractivity contribution in [3.63, 3.8) is 0 Å². The van der Waals surface area contributed by atoms with Gasteiger partial charge in [-0.15, -0.1) is 11.3 Å². The van der Waals surface area contributed by atoms with E-state index in [1.807, 2.05) is 4.90 Å². The summed E-state index contributed by atoms with van der Waals surface area (Å²) in [5.41, 5.74) is 0. The van der Waals surface area contributed by atoms with Crippen LogP contribution in [-0.4, -0.2) is 48.9 Å². The Morgan fingerprint density at radius 2 is 2.14 bits per heavy atom. The number of carbonyl (C=O) groups excluding carboxylic acids is 1. The van der Waals surface area contributed by atoms with Crippen molar-refractivity contribution in [2.75, 3.05) is 27.2 Å². The van der Waals surface area contributed by atoms with Crippen molar-refractivity contribution in [1.82, 2.24) is 15.1 Å². The van der Waals surface area contributed by atoms with Crippen molar-refractivity contribution >= 4 is 17.2 Å². The van der Waals surface area contributed by atoms with E-state index in [2.05, 4.69) is 50.3 Å². The van der Waals surface area contributed by atoms with Crippen molar-refractivity contribution in [3.8, 4) is 0 Å². The number of nitrogens with one attached hydrogen (secondary N) is 1. The van der Waals surface area contributed by atoms with Crippen LogP contribution in [0.3, 0.4) is 0 Å². The van der Waals surface area contributed by atoms with Crippen LogP contribution in [0.4, 0.5) is 0 Å². The number of hydrogen-bond donors (Lipinski definition) is 1. The van der Waals surface area contributed by atoms with Gasteiger partial charge in [-0.1, -0.05) is 13.3 Å². The largest absolute Gasteiger partial charge is 0.321 e. The Bertz CT molecular complexity index is 472. The quantitative estimate of drug-likeness (QED) is 0.841. The number of aryl methyl sites for hydroxylation is 1. The van der Waals surface area contributed by atoms with Crippen LogP contribution in [0.2, 0.25) is 0 Å². The maximum atomic E-state index is 12.6. The van der Waals surface area contributed by atoms with Gasteiger partial charge in [-0.05, 0) is 52.5 Å². The molecule has 0 aromatic carbocycles. The minimum atomic E-state index is -0.0123. The van der Waals surface area contributed by atoms with Crippen LogP contribution in [-0.2, 0) is 4.79 Å². The normalized spacial score (nSPS) is 22.5. The molecule has 4 nitrogen and oxygen atoms in total. The lowest BCUT2D eigenvalue weighted by Gasteiger charge is -2.24. The standard InChI is InChI=1S/C16H27N3OS/c1-5-7-13-16(20)19(11-6-10-18(3)4)15(17-13)14-9-8-12(2)21-14/h8-9,13,15,17H,5-7,10-11H2,1-4H3. The maximum absolute atomic E-state index is 12.6.